The van der Waals surface area contributed by atoms with E-state index in [0.717, 1.165) is 15.9 Å². The van der Waals surface area contributed by atoms with E-state index in [1.54, 1.807) is 0 Å². The van der Waals surface area contributed by atoms with Gasteiger partial charge >= 0.3 is 0 Å². The molecule has 2 nitrogen and oxygen atoms in total. The number of halogens is 1. The molecular weight excluding hydrogens is 260 g/mol. The standard InChI is InChI=1S/C10H9BrN2S/c11-9-8(13-10(12)14-9)6-7-4-2-1-3-5-7/h1-5H,6H2,(H2,12,13). The molecule has 0 atom stereocenters. The van der Waals surface area contributed by atoms with E-state index in [-0.39, 0.29) is 0 Å². The summed E-state index contributed by atoms with van der Waals surface area (Å²) < 4.78 is 1.03. The Morgan fingerprint density at radius 3 is 2.57 bits per heavy atom. The van der Waals surface area contributed by atoms with Gasteiger partial charge in [-0.25, -0.2) is 4.98 Å². The average molecular weight is 269 g/mol. The van der Waals surface area contributed by atoms with Crippen molar-refractivity contribution in [1.82, 2.24) is 4.98 Å². The highest BCUT2D eigenvalue weighted by Gasteiger charge is 2.06. The lowest BCUT2D eigenvalue weighted by molar-refractivity contribution is 1.10. The highest BCUT2D eigenvalue weighted by molar-refractivity contribution is 9.11. The van der Waals surface area contributed by atoms with Crippen LogP contribution < -0.4 is 5.73 Å². The topological polar surface area (TPSA) is 38.9 Å². The van der Waals surface area contributed by atoms with Crippen molar-refractivity contribution in [3.63, 3.8) is 0 Å². The molecule has 72 valence electrons. The highest BCUT2D eigenvalue weighted by Crippen LogP contribution is 2.27. The normalized spacial score (nSPS) is 10.4. The van der Waals surface area contributed by atoms with Gasteiger partial charge in [0, 0.05) is 6.42 Å². The summed E-state index contributed by atoms with van der Waals surface area (Å²) in [5.74, 6) is 0. The fourth-order valence-corrected chi connectivity index (χ4v) is 2.55. The number of nitrogens with two attached hydrogens (primary N) is 1. The van der Waals surface area contributed by atoms with Crippen LogP contribution >= 0.6 is 27.3 Å². The third-order valence-corrected chi connectivity index (χ3v) is 3.54. The molecule has 0 aliphatic rings. The van der Waals surface area contributed by atoms with Gasteiger partial charge in [-0.2, -0.15) is 0 Å². The van der Waals surface area contributed by atoms with Crippen LogP contribution in [0.1, 0.15) is 11.3 Å². The number of hydrogen-bond donors (Lipinski definition) is 1. The van der Waals surface area contributed by atoms with E-state index in [1.165, 1.54) is 16.9 Å². The van der Waals surface area contributed by atoms with Gasteiger partial charge in [-0.3, -0.25) is 0 Å². The van der Waals surface area contributed by atoms with Crippen LogP contribution in [-0.4, -0.2) is 4.98 Å². The fourth-order valence-electron chi connectivity index (χ4n) is 1.25. The molecule has 0 radical (unpaired) electrons. The first kappa shape index (κ1) is 9.68. The maximum Gasteiger partial charge on any atom is 0.181 e. The second kappa shape index (κ2) is 4.11. The summed E-state index contributed by atoms with van der Waals surface area (Å²) in [5.41, 5.74) is 7.87. The Morgan fingerprint density at radius 1 is 1.29 bits per heavy atom. The predicted molar refractivity (Wildman–Crippen MR) is 63.5 cm³/mol. The Bertz CT molecular complexity index is 425. The minimum Gasteiger partial charge on any atom is -0.375 e. The molecule has 1 aromatic heterocycles. The molecule has 2 N–H and O–H groups in total. The Kier molecular flexibility index (Phi) is 2.84. The molecule has 1 heterocycles. The molecule has 0 saturated carbocycles. The van der Waals surface area contributed by atoms with Crippen LogP contribution in [0.4, 0.5) is 5.13 Å². The minimum absolute atomic E-state index is 0.614. The Morgan fingerprint density at radius 2 is 2.00 bits per heavy atom. The first-order valence-corrected chi connectivity index (χ1v) is 5.81. The van der Waals surface area contributed by atoms with Gasteiger partial charge in [0.1, 0.15) is 0 Å². The van der Waals surface area contributed by atoms with Crippen molar-refractivity contribution in [2.75, 3.05) is 5.73 Å². The van der Waals surface area contributed by atoms with Crippen molar-refractivity contribution in [2.24, 2.45) is 0 Å². The molecule has 0 saturated heterocycles. The predicted octanol–water partition coefficient (Wildman–Crippen LogP) is 3.08. The maximum absolute atomic E-state index is 5.61. The lowest BCUT2D eigenvalue weighted by Crippen LogP contribution is -1.90. The maximum atomic E-state index is 5.61. The lowest BCUT2D eigenvalue weighted by atomic mass is 10.1. The summed E-state index contributed by atoms with van der Waals surface area (Å²) >= 11 is 4.92. The Labute approximate surface area is 94.9 Å². The summed E-state index contributed by atoms with van der Waals surface area (Å²) in [6.07, 6.45) is 0.828. The summed E-state index contributed by atoms with van der Waals surface area (Å²) in [4.78, 5) is 4.25. The van der Waals surface area contributed by atoms with E-state index in [2.05, 4.69) is 33.0 Å². The number of benzene rings is 1. The summed E-state index contributed by atoms with van der Waals surface area (Å²) in [7, 11) is 0. The zero-order chi connectivity index (χ0) is 9.97. The number of anilines is 1. The van der Waals surface area contributed by atoms with Crippen LogP contribution in [0.5, 0.6) is 0 Å². The molecule has 2 rings (SSSR count). The van der Waals surface area contributed by atoms with Crippen LogP contribution in [0.3, 0.4) is 0 Å². The molecule has 14 heavy (non-hydrogen) atoms. The second-order valence-corrected chi connectivity index (χ2v) is 5.28. The van der Waals surface area contributed by atoms with Gasteiger partial charge < -0.3 is 5.73 Å². The molecule has 0 amide bonds. The van der Waals surface area contributed by atoms with Crippen LogP contribution in [-0.2, 0) is 6.42 Å². The Hall–Kier alpha value is -0.870. The molecule has 0 aliphatic carbocycles. The van der Waals surface area contributed by atoms with Crippen molar-refractivity contribution >= 4 is 32.4 Å². The zero-order valence-electron chi connectivity index (χ0n) is 7.40. The van der Waals surface area contributed by atoms with E-state index in [0.29, 0.717) is 5.13 Å². The number of thiazole rings is 1. The van der Waals surface area contributed by atoms with E-state index in [9.17, 15) is 0 Å². The van der Waals surface area contributed by atoms with Crippen LogP contribution in [0, 0.1) is 0 Å². The van der Waals surface area contributed by atoms with Crippen molar-refractivity contribution in [2.45, 2.75) is 6.42 Å². The number of rotatable bonds is 2. The SMILES string of the molecule is Nc1nc(Cc2ccccc2)c(Br)s1. The summed E-state index contributed by atoms with van der Waals surface area (Å²) in [6.45, 7) is 0. The molecular formula is C10H9BrN2S. The third kappa shape index (κ3) is 2.13. The largest absolute Gasteiger partial charge is 0.375 e. The molecule has 0 aliphatic heterocycles. The third-order valence-electron chi connectivity index (χ3n) is 1.88. The highest BCUT2D eigenvalue weighted by atomic mass is 79.9. The number of hydrogen-bond acceptors (Lipinski definition) is 3. The first-order chi connectivity index (χ1) is 6.75. The van der Waals surface area contributed by atoms with E-state index in [1.807, 2.05) is 18.2 Å². The van der Waals surface area contributed by atoms with E-state index in [4.69, 9.17) is 5.73 Å². The van der Waals surface area contributed by atoms with Crippen molar-refractivity contribution in [3.8, 4) is 0 Å². The van der Waals surface area contributed by atoms with Crippen LogP contribution in [0.25, 0.3) is 0 Å². The average Bonchev–Trinajstić information content (AvgIpc) is 2.47. The lowest BCUT2D eigenvalue weighted by Gasteiger charge is -1.97. The monoisotopic (exact) mass is 268 g/mol. The van der Waals surface area contributed by atoms with Gasteiger partial charge in [0.15, 0.2) is 5.13 Å². The van der Waals surface area contributed by atoms with Gasteiger partial charge in [0.25, 0.3) is 0 Å². The number of aromatic nitrogens is 1. The summed E-state index contributed by atoms with van der Waals surface area (Å²) in [6, 6.07) is 10.2. The molecule has 0 unspecified atom stereocenters. The fraction of sp³-hybridized carbons (Fsp3) is 0.100. The van der Waals surface area contributed by atoms with Gasteiger partial charge in [0.05, 0.1) is 9.48 Å². The van der Waals surface area contributed by atoms with Gasteiger partial charge in [-0.05, 0) is 21.5 Å². The molecule has 0 fully saturated rings. The first-order valence-electron chi connectivity index (χ1n) is 4.20. The minimum atomic E-state index is 0.614. The molecule has 0 spiro atoms. The molecule has 0 bridgehead atoms. The van der Waals surface area contributed by atoms with E-state index < -0.39 is 0 Å². The van der Waals surface area contributed by atoms with Gasteiger partial charge in [-0.15, -0.1) is 0 Å². The molecule has 4 heteroatoms. The number of nitrogens with zero attached hydrogens (tertiary/aromatic N) is 1. The second-order valence-electron chi connectivity index (χ2n) is 2.93. The Balaban J connectivity index is 2.23. The van der Waals surface area contributed by atoms with Gasteiger partial charge in [0.2, 0.25) is 0 Å². The van der Waals surface area contributed by atoms with Gasteiger partial charge in [-0.1, -0.05) is 41.7 Å². The van der Waals surface area contributed by atoms with Crippen molar-refractivity contribution in [3.05, 3.63) is 45.4 Å². The van der Waals surface area contributed by atoms with Crippen LogP contribution in [0.2, 0.25) is 0 Å². The quantitative estimate of drug-likeness (QED) is 0.909. The van der Waals surface area contributed by atoms with Crippen LogP contribution in [0.15, 0.2) is 34.1 Å². The molecule has 2 aromatic rings. The smallest absolute Gasteiger partial charge is 0.181 e. The zero-order valence-corrected chi connectivity index (χ0v) is 9.81. The van der Waals surface area contributed by atoms with Crippen molar-refractivity contribution < 1.29 is 0 Å². The number of nitrogen functional groups attached to an aromatic ring is 1. The summed E-state index contributed by atoms with van der Waals surface area (Å²) in [5, 5.41) is 0.614. The van der Waals surface area contributed by atoms with Crippen molar-refractivity contribution in [1.29, 1.82) is 0 Å². The van der Waals surface area contributed by atoms with E-state index >= 15 is 0 Å². The molecule has 1 aromatic carbocycles.